The molecule has 0 aliphatic heterocycles. The molecular weight excluding hydrogens is 514 g/mol. The summed E-state index contributed by atoms with van der Waals surface area (Å²) in [6.45, 7) is 7.52. The molecule has 0 aromatic heterocycles. The van der Waals surface area contributed by atoms with Crippen LogP contribution in [0.15, 0.2) is 48.5 Å². The Morgan fingerprint density at radius 1 is 1.08 bits per heavy atom. The topological polar surface area (TPSA) is 97.0 Å². The molecule has 2 N–H and O–H groups in total. The fourth-order valence-electron chi connectivity index (χ4n) is 3.94. The van der Waals surface area contributed by atoms with Gasteiger partial charge in [-0.15, -0.1) is 6.42 Å². The number of benzene rings is 2. The normalized spacial score (nSPS) is 12.4. The van der Waals surface area contributed by atoms with E-state index in [-0.39, 0.29) is 12.3 Å². The molecule has 2 aromatic rings. The highest BCUT2D eigenvalue weighted by molar-refractivity contribution is 7.80. The number of unbranched alkanes of at least 4 members (excludes halogenated alkanes) is 2. The van der Waals surface area contributed by atoms with Gasteiger partial charge in [0.15, 0.2) is 0 Å². The van der Waals surface area contributed by atoms with Gasteiger partial charge in [-0.2, -0.15) is 12.6 Å². The first kappa shape index (κ1) is 31.6. The van der Waals surface area contributed by atoms with E-state index < -0.39 is 35.6 Å². The number of terminal acetylenes is 1. The van der Waals surface area contributed by atoms with Crippen LogP contribution in [-0.4, -0.2) is 53.9 Å². The molecule has 0 aliphatic rings. The number of carbonyl (C=O) groups excluding carboxylic acids is 3. The summed E-state index contributed by atoms with van der Waals surface area (Å²) in [5.41, 5.74) is 0.776. The van der Waals surface area contributed by atoms with Gasteiger partial charge < -0.3 is 25.0 Å². The summed E-state index contributed by atoms with van der Waals surface area (Å²) in [5, 5.41) is 5.53. The molecule has 0 fully saturated rings. The lowest BCUT2D eigenvalue weighted by Crippen LogP contribution is -2.53. The zero-order valence-corrected chi connectivity index (χ0v) is 24.2. The molecule has 9 heteroatoms. The largest absolute Gasteiger partial charge is 0.497 e. The minimum atomic E-state index is -1.06. The quantitative estimate of drug-likeness (QED) is 0.191. The van der Waals surface area contributed by atoms with E-state index in [1.807, 2.05) is 6.92 Å². The molecule has 2 unspecified atom stereocenters. The Kier molecular flexibility index (Phi) is 12.2. The van der Waals surface area contributed by atoms with Gasteiger partial charge in [0.2, 0.25) is 5.91 Å². The van der Waals surface area contributed by atoms with Crippen LogP contribution in [-0.2, 0) is 14.3 Å². The summed E-state index contributed by atoms with van der Waals surface area (Å²) in [5.74, 6) is 2.37. The molecule has 3 amide bonds. The van der Waals surface area contributed by atoms with Gasteiger partial charge in [-0.3, -0.25) is 9.59 Å². The van der Waals surface area contributed by atoms with E-state index in [0.29, 0.717) is 29.0 Å². The number of hydrogen-bond donors (Lipinski definition) is 3. The molecule has 0 spiro atoms. The van der Waals surface area contributed by atoms with Crippen LogP contribution in [0.4, 0.5) is 10.5 Å². The number of hydrogen-bond acceptors (Lipinski definition) is 6. The Balaban J connectivity index is 2.52. The molecule has 8 nitrogen and oxygen atoms in total. The number of carbonyl (C=O) groups is 3. The minimum absolute atomic E-state index is 0.00591. The van der Waals surface area contributed by atoms with Crippen molar-refractivity contribution in [1.82, 2.24) is 10.2 Å². The monoisotopic (exact) mass is 553 g/mol. The fourth-order valence-corrected chi connectivity index (χ4v) is 4.18. The number of ether oxygens (including phenoxy) is 2. The molecular formula is C30H39N3O5S. The second-order valence-electron chi connectivity index (χ2n) is 9.97. The van der Waals surface area contributed by atoms with Crippen molar-refractivity contribution in [2.24, 2.45) is 0 Å². The van der Waals surface area contributed by atoms with E-state index in [2.05, 4.69) is 29.2 Å². The number of nitrogens with zero attached hydrogens (tertiary/aromatic N) is 1. The van der Waals surface area contributed by atoms with Gasteiger partial charge >= 0.3 is 6.09 Å². The second-order valence-corrected chi connectivity index (χ2v) is 10.3. The predicted octanol–water partition coefficient (Wildman–Crippen LogP) is 5.20. The smallest absolute Gasteiger partial charge is 0.408 e. The van der Waals surface area contributed by atoms with Crippen LogP contribution < -0.4 is 15.4 Å². The summed E-state index contributed by atoms with van der Waals surface area (Å²) < 4.78 is 10.6. The maximum atomic E-state index is 14.0. The van der Waals surface area contributed by atoms with Crippen molar-refractivity contribution in [3.63, 3.8) is 0 Å². The van der Waals surface area contributed by atoms with Crippen LogP contribution in [0.5, 0.6) is 5.75 Å². The molecule has 210 valence electrons. The van der Waals surface area contributed by atoms with E-state index in [0.717, 1.165) is 12.8 Å². The number of anilines is 1. The summed E-state index contributed by atoms with van der Waals surface area (Å²) in [4.78, 5) is 41.9. The third-order valence-electron chi connectivity index (χ3n) is 5.79. The number of rotatable bonds is 12. The number of amides is 3. The average Bonchev–Trinajstić information content (AvgIpc) is 2.90. The van der Waals surface area contributed by atoms with Crippen LogP contribution in [0.2, 0.25) is 0 Å². The number of thiol groups is 1. The van der Waals surface area contributed by atoms with Crippen molar-refractivity contribution < 1.29 is 23.9 Å². The maximum absolute atomic E-state index is 14.0. The van der Waals surface area contributed by atoms with Crippen molar-refractivity contribution in [1.29, 1.82) is 0 Å². The minimum Gasteiger partial charge on any atom is -0.497 e. The van der Waals surface area contributed by atoms with Crippen molar-refractivity contribution >= 4 is 36.2 Å². The molecule has 0 bridgehead atoms. The number of nitrogens with one attached hydrogen (secondary N) is 2. The van der Waals surface area contributed by atoms with Crippen molar-refractivity contribution in [3.8, 4) is 18.1 Å². The van der Waals surface area contributed by atoms with Gasteiger partial charge in [0.25, 0.3) is 5.91 Å². The van der Waals surface area contributed by atoms with Gasteiger partial charge in [0.1, 0.15) is 23.4 Å². The van der Waals surface area contributed by atoms with E-state index >= 15 is 0 Å². The molecule has 0 saturated heterocycles. The summed E-state index contributed by atoms with van der Waals surface area (Å²) in [6.07, 6.45) is 7.46. The zero-order chi connectivity index (χ0) is 29.0. The highest BCUT2D eigenvalue weighted by atomic mass is 32.1. The Hall–Kier alpha value is -3.64. The molecule has 2 atom stereocenters. The van der Waals surface area contributed by atoms with Crippen LogP contribution in [0.1, 0.15) is 64.1 Å². The summed E-state index contributed by atoms with van der Waals surface area (Å²) in [7, 11) is 1.56. The fraction of sp³-hybridized carbons (Fsp3) is 0.433. The predicted molar refractivity (Wildman–Crippen MR) is 157 cm³/mol. The van der Waals surface area contributed by atoms with Crippen molar-refractivity contribution in [3.05, 3.63) is 59.7 Å². The van der Waals surface area contributed by atoms with Crippen molar-refractivity contribution in [2.75, 3.05) is 24.7 Å². The number of alkyl carbamates (subject to hydrolysis) is 1. The highest BCUT2D eigenvalue weighted by Gasteiger charge is 2.36. The van der Waals surface area contributed by atoms with E-state index in [9.17, 15) is 14.4 Å². The Morgan fingerprint density at radius 2 is 1.74 bits per heavy atom. The zero-order valence-electron chi connectivity index (χ0n) is 23.3. The van der Waals surface area contributed by atoms with E-state index in [4.69, 9.17) is 15.9 Å². The van der Waals surface area contributed by atoms with Crippen LogP contribution in [0.3, 0.4) is 0 Å². The molecule has 0 aliphatic carbocycles. The second kappa shape index (κ2) is 15.1. The first-order valence-corrected chi connectivity index (χ1v) is 13.6. The standard InChI is InChI=1S/C30H39N3O5S/c1-7-9-12-19-33(28(35)25(20-39)32-29(36)38-30(3,4)5)26(24-14-11-10-13-21(24)8-2)27(34)31-22-15-17-23(37-6)18-16-22/h2,10-11,13-18,25-26,39H,7,9,12,19-20H2,1,3-6H3,(H,31,34)(H,32,36). The Labute approximate surface area is 237 Å². The Bertz CT molecular complexity index is 1150. The van der Waals surface area contributed by atoms with Gasteiger partial charge in [-0.25, -0.2) is 4.79 Å². The first-order chi connectivity index (χ1) is 18.5. The first-order valence-electron chi connectivity index (χ1n) is 13.0. The Morgan fingerprint density at radius 3 is 2.31 bits per heavy atom. The third kappa shape index (κ3) is 9.56. The molecule has 0 radical (unpaired) electrons. The van der Waals surface area contributed by atoms with Crippen LogP contribution >= 0.6 is 12.6 Å². The van der Waals surface area contributed by atoms with Gasteiger partial charge in [-0.1, -0.05) is 43.9 Å². The van der Waals surface area contributed by atoms with E-state index in [1.165, 1.54) is 4.90 Å². The SMILES string of the molecule is C#Cc1ccccc1C(C(=O)Nc1ccc(OC)cc1)N(CCCCC)C(=O)C(CS)NC(=O)OC(C)(C)C. The lowest BCUT2D eigenvalue weighted by Gasteiger charge is -2.34. The number of methoxy groups -OCH3 is 1. The van der Waals surface area contributed by atoms with Gasteiger partial charge in [-0.05, 0) is 63.1 Å². The molecule has 39 heavy (non-hydrogen) atoms. The summed E-state index contributed by atoms with van der Waals surface area (Å²) in [6, 6.07) is 11.8. The highest BCUT2D eigenvalue weighted by Crippen LogP contribution is 2.28. The van der Waals surface area contributed by atoms with Crippen molar-refractivity contribution in [2.45, 2.75) is 64.6 Å². The van der Waals surface area contributed by atoms with Gasteiger partial charge in [0, 0.05) is 23.5 Å². The molecule has 0 saturated carbocycles. The average molecular weight is 554 g/mol. The molecule has 2 rings (SSSR count). The lowest BCUT2D eigenvalue weighted by molar-refractivity contribution is -0.140. The molecule has 2 aromatic carbocycles. The maximum Gasteiger partial charge on any atom is 0.408 e. The van der Waals surface area contributed by atoms with Gasteiger partial charge in [0.05, 0.1) is 7.11 Å². The van der Waals surface area contributed by atoms with Crippen LogP contribution in [0, 0.1) is 12.3 Å². The third-order valence-corrected chi connectivity index (χ3v) is 6.15. The lowest BCUT2D eigenvalue weighted by atomic mass is 9.97. The van der Waals surface area contributed by atoms with Crippen LogP contribution in [0.25, 0.3) is 0 Å². The molecule has 0 heterocycles. The summed E-state index contributed by atoms with van der Waals surface area (Å²) >= 11 is 4.33. The van der Waals surface area contributed by atoms with E-state index in [1.54, 1.807) is 76.4 Å².